The highest BCUT2D eigenvalue weighted by Crippen LogP contribution is 2.20. The molecule has 2 aromatic rings. The summed E-state index contributed by atoms with van der Waals surface area (Å²) in [6.45, 7) is 2.89. The zero-order valence-corrected chi connectivity index (χ0v) is 11.7. The molecule has 1 heterocycles. The van der Waals surface area contributed by atoms with Crippen LogP contribution in [0.5, 0.6) is 0 Å². The molecule has 0 bridgehead atoms. The summed E-state index contributed by atoms with van der Waals surface area (Å²) in [6, 6.07) is 10.0. The number of rotatable bonds is 5. The van der Waals surface area contributed by atoms with Crippen LogP contribution in [0.15, 0.2) is 42.7 Å². The van der Waals surface area contributed by atoms with Gasteiger partial charge in [0.2, 0.25) is 0 Å². The van der Waals surface area contributed by atoms with E-state index >= 15 is 0 Å². The molecule has 1 aromatic heterocycles. The van der Waals surface area contributed by atoms with Gasteiger partial charge in [-0.3, -0.25) is 4.98 Å². The van der Waals surface area contributed by atoms with Crippen LogP contribution in [0.1, 0.15) is 16.7 Å². The molecule has 0 aliphatic rings. The lowest BCUT2D eigenvalue weighted by atomic mass is 10.1. The number of hydrogen-bond acceptors (Lipinski definition) is 3. The maximum atomic E-state index is 5.75. The Kier molecular flexibility index (Phi) is 4.47. The summed E-state index contributed by atoms with van der Waals surface area (Å²) in [4.78, 5) is 4.44. The Balaban J connectivity index is 2.05. The fraction of sp³-hybridized carbons (Fsp3) is 0.200. The van der Waals surface area contributed by atoms with Crippen LogP contribution in [-0.4, -0.2) is 16.5 Å². The molecule has 0 aliphatic heterocycles. The number of para-hydroxylation sites is 1. The Morgan fingerprint density at radius 2 is 2.00 bits per heavy atom. The molecule has 3 nitrogen and oxygen atoms in total. The first-order valence-corrected chi connectivity index (χ1v) is 6.61. The van der Waals surface area contributed by atoms with Crippen molar-refractivity contribution in [3.05, 3.63) is 59.4 Å². The summed E-state index contributed by atoms with van der Waals surface area (Å²) in [5, 5.41) is 3.42. The molecule has 0 fully saturated rings. The van der Waals surface area contributed by atoms with Crippen molar-refractivity contribution in [2.24, 2.45) is 5.73 Å². The Morgan fingerprint density at radius 1 is 1.26 bits per heavy atom. The number of nitrogens with two attached hydrogens (primary N) is 1. The van der Waals surface area contributed by atoms with Gasteiger partial charge in [-0.25, -0.2) is 0 Å². The standard InChI is InChI=1S/C15H17N3S/c1-11-3-2-4-13(15(16)19)14(11)18-10-7-12-5-8-17-9-6-12/h2-6,8-9,18H,7,10H2,1H3,(H2,16,19). The number of nitrogens with zero attached hydrogens (tertiary/aromatic N) is 1. The van der Waals surface area contributed by atoms with Crippen LogP contribution in [0, 0.1) is 6.92 Å². The number of pyridine rings is 1. The number of aryl methyl sites for hydroxylation is 1. The molecule has 0 atom stereocenters. The minimum Gasteiger partial charge on any atom is -0.389 e. The molecule has 0 saturated heterocycles. The van der Waals surface area contributed by atoms with Crippen LogP contribution >= 0.6 is 12.2 Å². The third-order valence-electron chi connectivity index (χ3n) is 3.00. The Labute approximate surface area is 118 Å². The summed E-state index contributed by atoms with van der Waals surface area (Å²) < 4.78 is 0. The summed E-state index contributed by atoms with van der Waals surface area (Å²) in [7, 11) is 0. The fourth-order valence-corrected chi connectivity index (χ4v) is 2.16. The smallest absolute Gasteiger partial charge is 0.106 e. The van der Waals surface area contributed by atoms with Gasteiger partial charge in [0.1, 0.15) is 4.99 Å². The molecule has 19 heavy (non-hydrogen) atoms. The zero-order chi connectivity index (χ0) is 13.7. The van der Waals surface area contributed by atoms with Crippen molar-refractivity contribution >= 4 is 22.9 Å². The monoisotopic (exact) mass is 271 g/mol. The highest BCUT2D eigenvalue weighted by atomic mass is 32.1. The van der Waals surface area contributed by atoms with E-state index in [1.54, 1.807) is 0 Å². The van der Waals surface area contributed by atoms with E-state index in [4.69, 9.17) is 18.0 Å². The maximum Gasteiger partial charge on any atom is 0.106 e. The van der Waals surface area contributed by atoms with Gasteiger partial charge in [0.05, 0.1) is 0 Å². The highest BCUT2D eigenvalue weighted by molar-refractivity contribution is 7.80. The van der Waals surface area contributed by atoms with Crippen molar-refractivity contribution in [2.75, 3.05) is 11.9 Å². The summed E-state index contributed by atoms with van der Waals surface area (Å²) in [6.07, 6.45) is 4.56. The second kappa shape index (κ2) is 6.29. The van der Waals surface area contributed by atoms with Crippen molar-refractivity contribution < 1.29 is 0 Å². The van der Waals surface area contributed by atoms with Crippen molar-refractivity contribution in [1.82, 2.24) is 4.98 Å². The maximum absolute atomic E-state index is 5.75. The molecule has 2 rings (SSSR count). The Hall–Kier alpha value is -1.94. The molecule has 0 aliphatic carbocycles. The summed E-state index contributed by atoms with van der Waals surface area (Å²) in [5.41, 5.74) is 10.1. The van der Waals surface area contributed by atoms with Gasteiger partial charge in [-0.15, -0.1) is 0 Å². The van der Waals surface area contributed by atoms with E-state index in [2.05, 4.69) is 23.3 Å². The predicted molar refractivity (Wildman–Crippen MR) is 83.5 cm³/mol. The first kappa shape index (κ1) is 13.5. The van der Waals surface area contributed by atoms with E-state index in [0.717, 1.165) is 29.8 Å². The van der Waals surface area contributed by atoms with E-state index in [1.165, 1.54) is 5.56 Å². The summed E-state index contributed by atoms with van der Waals surface area (Å²) >= 11 is 5.08. The number of hydrogen-bond donors (Lipinski definition) is 2. The average molecular weight is 271 g/mol. The van der Waals surface area contributed by atoms with Crippen LogP contribution in [0.25, 0.3) is 0 Å². The lowest BCUT2D eigenvalue weighted by Crippen LogP contribution is -2.15. The van der Waals surface area contributed by atoms with E-state index < -0.39 is 0 Å². The van der Waals surface area contributed by atoms with Gasteiger partial charge >= 0.3 is 0 Å². The van der Waals surface area contributed by atoms with Gasteiger partial charge in [0.15, 0.2) is 0 Å². The number of thiocarbonyl (C=S) groups is 1. The predicted octanol–water partition coefficient (Wildman–Crippen LogP) is 2.68. The zero-order valence-electron chi connectivity index (χ0n) is 10.9. The second-order valence-corrected chi connectivity index (χ2v) is 4.83. The SMILES string of the molecule is Cc1cccc(C(N)=S)c1NCCc1ccncc1. The normalized spacial score (nSPS) is 10.2. The van der Waals surface area contributed by atoms with Crippen molar-refractivity contribution in [1.29, 1.82) is 0 Å². The van der Waals surface area contributed by atoms with Gasteiger partial charge in [-0.05, 0) is 42.7 Å². The molecule has 4 heteroatoms. The number of benzene rings is 1. The van der Waals surface area contributed by atoms with Gasteiger partial charge in [-0.1, -0.05) is 24.4 Å². The molecule has 0 spiro atoms. The Bertz CT molecular complexity index is 567. The lowest BCUT2D eigenvalue weighted by Gasteiger charge is -2.14. The van der Waals surface area contributed by atoms with Gasteiger partial charge in [-0.2, -0.15) is 0 Å². The average Bonchev–Trinajstić information content (AvgIpc) is 2.41. The lowest BCUT2D eigenvalue weighted by molar-refractivity contribution is 1.01. The van der Waals surface area contributed by atoms with Crippen LogP contribution in [0.3, 0.4) is 0 Å². The van der Waals surface area contributed by atoms with Crippen molar-refractivity contribution in [3.8, 4) is 0 Å². The molecular weight excluding hydrogens is 254 g/mol. The molecule has 98 valence electrons. The number of aromatic nitrogens is 1. The van der Waals surface area contributed by atoms with E-state index in [9.17, 15) is 0 Å². The minimum absolute atomic E-state index is 0.426. The van der Waals surface area contributed by atoms with Crippen LogP contribution in [0.2, 0.25) is 0 Å². The van der Waals surface area contributed by atoms with E-state index in [-0.39, 0.29) is 0 Å². The highest BCUT2D eigenvalue weighted by Gasteiger charge is 2.07. The number of nitrogens with one attached hydrogen (secondary N) is 1. The van der Waals surface area contributed by atoms with E-state index in [1.807, 2.05) is 36.7 Å². The van der Waals surface area contributed by atoms with Gasteiger partial charge in [0.25, 0.3) is 0 Å². The second-order valence-electron chi connectivity index (χ2n) is 4.39. The van der Waals surface area contributed by atoms with Crippen molar-refractivity contribution in [3.63, 3.8) is 0 Å². The largest absolute Gasteiger partial charge is 0.389 e. The van der Waals surface area contributed by atoms with Crippen LogP contribution in [0.4, 0.5) is 5.69 Å². The molecular formula is C15H17N3S. The minimum atomic E-state index is 0.426. The molecule has 1 aromatic carbocycles. The van der Waals surface area contributed by atoms with Gasteiger partial charge in [0, 0.05) is 30.2 Å². The number of anilines is 1. The third-order valence-corrected chi connectivity index (χ3v) is 3.22. The molecule has 0 unspecified atom stereocenters. The first-order valence-electron chi connectivity index (χ1n) is 6.20. The molecule has 0 radical (unpaired) electrons. The quantitative estimate of drug-likeness (QED) is 0.821. The van der Waals surface area contributed by atoms with Crippen LogP contribution in [-0.2, 0) is 6.42 Å². The topological polar surface area (TPSA) is 50.9 Å². The van der Waals surface area contributed by atoms with Crippen molar-refractivity contribution in [2.45, 2.75) is 13.3 Å². The molecule has 0 amide bonds. The molecule has 0 saturated carbocycles. The van der Waals surface area contributed by atoms with Crippen LogP contribution < -0.4 is 11.1 Å². The third kappa shape index (κ3) is 3.51. The first-order chi connectivity index (χ1) is 9.18. The summed E-state index contributed by atoms with van der Waals surface area (Å²) in [5.74, 6) is 0. The van der Waals surface area contributed by atoms with Gasteiger partial charge < -0.3 is 11.1 Å². The Morgan fingerprint density at radius 3 is 2.68 bits per heavy atom. The molecule has 3 N–H and O–H groups in total. The van der Waals surface area contributed by atoms with E-state index in [0.29, 0.717) is 4.99 Å². The fourth-order valence-electron chi connectivity index (χ4n) is 1.99.